The minimum atomic E-state index is -0.0886. The van der Waals surface area contributed by atoms with Gasteiger partial charge in [-0.2, -0.15) is 0 Å². The second-order valence-electron chi connectivity index (χ2n) is 6.47. The second-order valence-corrected chi connectivity index (χ2v) is 6.47. The fraction of sp³-hybridized carbons (Fsp3) is 0.250. The molecule has 0 radical (unpaired) electrons. The number of benzene rings is 2. The fourth-order valence-electron chi connectivity index (χ4n) is 4.24. The van der Waals surface area contributed by atoms with Crippen LogP contribution in [0, 0.1) is 0 Å². The Labute approximate surface area is 135 Å². The molecule has 23 heavy (non-hydrogen) atoms. The number of pyridine rings is 1. The summed E-state index contributed by atoms with van der Waals surface area (Å²) < 4.78 is 4.91. The normalized spacial score (nSPS) is 15.6. The summed E-state index contributed by atoms with van der Waals surface area (Å²) in [4.78, 5) is 0. The number of rotatable bonds is 2. The van der Waals surface area contributed by atoms with Crippen molar-refractivity contribution >= 4 is 33.0 Å². The number of anilines is 1. The summed E-state index contributed by atoms with van der Waals surface area (Å²) in [5.74, 6) is 0. The maximum atomic E-state index is 3.85. The monoisotopic (exact) mass is 302 g/mol. The van der Waals surface area contributed by atoms with Crippen molar-refractivity contribution in [2.75, 3.05) is 5.32 Å². The molecule has 3 heterocycles. The predicted octanol–water partition coefficient (Wildman–Crippen LogP) is 4.43. The lowest BCUT2D eigenvalue weighted by Gasteiger charge is -2.31. The lowest BCUT2D eigenvalue weighted by molar-refractivity contribution is -0.794. The number of para-hydroxylation sites is 2. The van der Waals surface area contributed by atoms with Crippen molar-refractivity contribution in [3.8, 4) is 0 Å². The lowest BCUT2D eigenvalue weighted by atomic mass is 10.0. The van der Waals surface area contributed by atoms with Gasteiger partial charge in [0.1, 0.15) is 11.0 Å². The number of hydrogen-bond donors (Lipinski definition) is 1. The van der Waals surface area contributed by atoms with Crippen LogP contribution in [0.15, 0.2) is 54.6 Å². The van der Waals surface area contributed by atoms with Crippen LogP contribution in [-0.2, 0) is 5.66 Å². The van der Waals surface area contributed by atoms with Crippen molar-refractivity contribution in [2.24, 2.45) is 0 Å². The highest BCUT2D eigenvalue weighted by molar-refractivity contribution is 6.00. The van der Waals surface area contributed by atoms with Gasteiger partial charge in [0.25, 0.3) is 5.66 Å². The zero-order valence-electron chi connectivity index (χ0n) is 13.5. The van der Waals surface area contributed by atoms with Crippen molar-refractivity contribution in [3.05, 3.63) is 54.6 Å². The first-order valence-corrected chi connectivity index (χ1v) is 8.45. The van der Waals surface area contributed by atoms with Crippen LogP contribution in [0.3, 0.4) is 0 Å². The Balaban J connectivity index is 2.14. The van der Waals surface area contributed by atoms with Crippen LogP contribution in [0.1, 0.15) is 26.7 Å². The van der Waals surface area contributed by atoms with Crippen molar-refractivity contribution in [2.45, 2.75) is 32.4 Å². The molecule has 3 heteroatoms. The number of fused-ring (bicyclic) bond motifs is 3. The lowest BCUT2D eigenvalue weighted by Crippen LogP contribution is -2.65. The van der Waals surface area contributed by atoms with E-state index < -0.39 is 0 Å². The van der Waals surface area contributed by atoms with Crippen LogP contribution in [0.2, 0.25) is 0 Å². The minimum Gasteiger partial charge on any atom is -0.321 e. The van der Waals surface area contributed by atoms with Gasteiger partial charge in [-0.25, -0.2) is 0 Å². The predicted molar refractivity (Wildman–Crippen MR) is 94.8 cm³/mol. The van der Waals surface area contributed by atoms with Gasteiger partial charge in [-0.1, -0.05) is 48.9 Å². The van der Waals surface area contributed by atoms with Crippen LogP contribution >= 0.6 is 0 Å². The molecule has 1 aliphatic rings. The molecule has 114 valence electrons. The molecule has 2 aromatic heterocycles. The molecule has 5 rings (SSSR count). The van der Waals surface area contributed by atoms with Gasteiger partial charge >= 0.3 is 0 Å². The average Bonchev–Trinajstić information content (AvgIpc) is 2.96. The average molecular weight is 302 g/mol. The summed E-state index contributed by atoms with van der Waals surface area (Å²) in [7, 11) is 0. The smallest absolute Gasteiger partial charge is 0.265 e. The van der Waals surface area contributed by atoms with Gasteiger partial charge in [0.15, 0.2) is 0 Å². The summed E-state index contributed by atoms with van der Waals surface area (Å²) >= 11 is 0. The molecule has 0 saturated heterocycles. The summed E-state index contributed by atoms with van der Waals surface area (Å²) in [6.07, 6.45) is 2.07. The van der Waals surface area contributed by atoms with Gasteiger partial charge in [0, 0.05) is 24.3 Å². The Morgan fingerprint density at radius 3 is 2.61 bits per heavy atom. The third-order valence-electron chi connectivity index (χ3n) is 5.48. The number of aromatic nitrogens is 2. The molecule has 2 aromatic carbocycles. The SMILES string of the molecule is CCC1(CC)Nc2cccc3ccc4c5ccccc5[n+]1n4c23. The van der Waals surface area contributed by atoms with Crippen LogP contribution in [-0.4, -0.2) is 4.52 Å². The van der Waals surface area contributed by atoms with E-state index in [0.717, 1.165) is 12.8 Å². The molecule has 0 spiro atoms. The molecular weight excluding hydrogens is 282 g/mol. The molecule has 0 atom stereocenters. The number of nitrogens with zero attached hydrogens (tertiary/aromatic N) is 2. The third kappa shape index (κ3) is 1.43. The Bertz CT molecular complexity index is 1070. The third-order valence-corrected chi connectivity index (χ3v) is 5.48. The largest absolute Gasteiger partial charge is 0.321 e. The quantitative estimate of drug-likeness (QED) is 0.543. The molecule has 1 N–H and O–H groups in total. The molecule has 3 nitrogen and oxygen atoms in total. The van der Waals surface area contributed by atoms with E-state index in [4.69, 9.17) is 0 Å². The van der Waals surface area contributed by atoms with E-state index >= 15 is 0 Å². The summed E-state index contributed by atoms with van der Waals surface area (Å²) in [5.41, 5.74) is 5.00. The molecule has 0 aliphatic carbocycles. The molecule has 0 amide bonds. The maximum Gasteiger partial charge on any atom is 0.265 e. The van der Waals surface area contributed by atoms with Crippen molar-refractivity contribution < 1.29 is 4.68 Å². The highest BCUT2D eigenvalue weighted by atomic mass is 15.5. The molecule has 0 saturated carbocycles. The van der Waals surface area contributed by atoms with Gasteiger partial charge < -0.3 is 5.32 Å². The van der Waals surface area contributed by atoms with E-state index in [1.54, 1.807) is 0 Å². The van der Waals surface area contributed by atoms with Crippen LogP contribution < -0.4 is 10.00 Å². The van der Waals surface area contributed by atoms with Crippen LogP contribution in [0.25, 0.3) is 27.3 Å². The molecule has 1 aliphatic heterocycles. The van der Waals surface area contributed by atoms with E-state index in [-0.39, 0.29) is 5.66 Å². The van der Waals surface area contributed by atoms with E-state index in [1.165, 1.54) is 33.0 Å². The van der Waals surface area contributed by atoms with Gasteiger partial charge in [-0.15, -0.1) is 4.52 Å². The molecule has 0 unspecified atom stereocenters. The Morgan fingerprint density at radius 2 is 1.78 bits per heavy atom. The Kier molecular flexibility index (Phi) is 2.39. The molecule has 0 bridgehead atoms. The standard InChI is InChI=1S/C20H20N3/c1-3-20(4-2)21-16-10-7-8-14-12-13-17-15-9-5-6-11-18(15)23(20)22(17)19(14)16/h5-13,21H,3-4H2,1-2H3/q+1. The van der Waals surface area contributed by atoms with E-state index in [2.05, 4.69) is 83.0 Å². The van der Waals surface area contributed by atoms with Gasteiger partial charge in [0.2, 0.25) is 5.52 Å². The topological polar surface area (TPSA) is 20.3 Å². The second kappa shape index (κ2) is 4.25. The zero-order valence-corrected chi connectivity index (χ0v) is 13.5. The Morgan fingerprint density at radius 1 is 0.957 bits per heavy atom. The maximum absolute atomic E-state index is 3.85. The first kappa shape index (κ1) is 12.9. The number of nitrogens with one attached hydrogen (secondary N) is 1. The van der Waals surface area contributed by atoms with Gasteiger partial charge in [0.05, 0.1) is 11.1 Å². The first-order chi connectivity index (χ1) is 11.3. The van der Waals surface area contributed by atoms with E-state index in [1.807, 2.05) is 0 Å². The zero-order chi connectivity index (χ0) is 15.6. The summed E-state index contributed by atoms with van der Waals surface area (Å²) in [6, 6.07) is 19.8. The fourth-order valence-corrected chi connectivity index (χ4v) is 4.24. The van der Waals surface area contributed by atoms with Crippen molar-refractivity contribution in [3.63, 3.8) is 0 Å². The van der Waals surface area contributed by atoms with Crippen molar-refractivity contribution in [1.82, 2.24) is 4.52 Å². The molecule has 4 aromatic rings. The van der Waals surface area contributed by atoms with Gasteiger partial charge in [-0.3, -0.25) is 0 Å². The van der Waals surface area contributed by atoms with Crippen LogP contribution in [0.5, 0.6) is 0 Å². The highest BCUT2D eigenvalue weighted by Crippen LogP contribution is 2.36. The van der Waals surface area contributed by atoms with E-state index in [0.29, 0.717) is 0 Å². The summed E-state index contributed by atoms with van der Waals surface area (Å²) in [6.45, 7) is 4.54. The molecule has 0 fully saturated rings. The van der Waals surface area contributed by atoms with E-state index in [9.17, 15) is 0 Å². The Hall–Kier alpha value is -2.55. The van der Waals surface area contributed by atoms with Crippen molar-refractivity contribution in [1.29, 1.82) is 0 Å². The van der Waals surface area contributed by atoms with Gasteiger partial charge in [-0.05, 0) is 18.2 Å². The first-order valence-electron chi connectivity index (χ1n) is 8.45. The van der Waals surface area contributed by atoms with Crippen LogP contribution in [0.4, 0.5) is 5.69 Å². The minimum absolute atomic E-state index is 0.0886. The summed E-state index contributed by atoms with van der Waals surface area (Å²) in [5, 5.41) is 6.45. The number of hydrogen-bond acceptors (Lipinski definition) is 1. The molecular formula is C20H20N3+. The highest BCUT2D eigenvalue weighted by Gasteiger charge is 2.45.